The number of benzene rings is 1. The minimum absolute atomic E-state index is 0.0885. The SMILES string of the molecule is CCc1nc(C(=O)OC)c(N)n1-c1ccc(C#N)cc1Br. The van der Waals surface area contributed by atoms with Gasteiger partial charge in [-0.3, -0.25) is 4.57 Å². The summed E-state index contributed by atoms with van der Waals surface area (Å²) in [7, 11) is 1.28. The fourth-order valence-corrected chi connectivity index (χ4v) is 2.55. The van der Waals surface area contributed by atoms with Gasteiger partial charge in [-0.1, -0.05) is 6.92 Å². The Labute approximate surface area is 130 Å². The third-order valence-electron chi connectivity index (χ3n) is 3.00. The molecule has 0 spiro atoms. The summed E-state index contributed by atoms with van der Waals surface area (Å²) in [4.78, 5) is 15.9. The first-order chi connectivity index (χ1) is 10.0. The molecule has 7 heteroatoms. The van der Waals surface area contributed by atoms with E-state index in [1.165, 1.54) is 7.11 Å². The number of methoxy groups -OCH3 is 1. The number of carbonyl (C=O) groups excluding carboxylic acids is 1. The fraction of sp³-hybridized carbons (Fsp3) is 0.214. The number of ether oxygens (including phenoxy) is 1. The summed E-state index contributed by atoms with van der Waals surface area (Å²) >= 11 is 3.41. The van der Waals surface area contributed by atoms with E-state index in [0.29, 0.717) is 28.0 Å². The smallest absolute Gasteiger partial charge is 0.360 e. The van der Waals surface area contributed by atoms with Gasteiger partial charge in [-0.25, -0.2) is 9.78 Å². The molecule has 0 saturated carbocycles. The summed E-state index contributed by atoms with van der Waals surface area (Å²) < 4.78 is 7.05. The van der Waals surface area contributed by atoms with Crippen LogP contribution in [-0.2, 0) is 11.2 Å². The predicted molar refractivity (Wildman–Crippen MR) is 81.1 cm³/mol. The Morgan fingerprint density at radius 1 is 1.57 bits per heavy atom. The van der Waals surface area contributed by atoms with Crippen molar-refractivity contribution in [1.29, 1.82) is 5.26 Å². The number of anilines is 1. The molecule has 6 nitrogen and oxygen atoms in total. The van der Waals surface area contributed by atoms with Crippen LogP contribution >= 0.6 is 15.9 Å². The van der Waals surface area contributed by atoms with Gasteiger partial charge in [0.1, 0.15) is 11.6 Å². The van der Waals surface area contributed by atoms with Crippen LogP contribution in [0.4, 0.5) is 5.82 Å². The summed E-state index contributed by atoms with van der Waals surface area (Å²) in [5.41, 5.74) is 7.37. The Morgan fingerprint density at radius 2 is 2.29 bits per heavy atom. The standard InChI is InChI=1S/C14H13BrN4O2/c1-3-11-18-12(14(20)21-2)13(17)19(11)10-5-4-8(7-16)6-9(10)15/h4-6H,3,17H2,1-2H3. The van der Waals surface area contributed by atoms with Crippen LogP contribution in [0, 0.1) is 11.3 Å². The summed E-state index contributed by atoms with van der Waals surface area (Å²) in [5.74, 6) is 0.271. The van der Waals surface area contributed by atoms with Crippen LogP contribution in [-0.4, -0.2) is 22.6 Å². The monoisotopic (exact) mass is 348 g/mol. The van der Waals surface area contributed by atoms with Crippen LogP contribution in [0.2, 0.25) is 0 Å². The first kappa shape index (κ1) is 15.1. The number of nitrogen functional groups attached to an aromatic ring is 1. The molecule has 0 bridgehead atoms. The second-order valence-corrected chi connectivity index (χ2v) is 5.07. The molecule has 0 aliphatic rings. The van der Waals surface area contributed by atoms with Crippen molar-refractivity contribution in [2.45, 2.75) is 13.3 Å². The highest BCUT2D eigenvalue weighted by Crippen LogP contribution is 2.28. The molecule has 1 aromatic heterocycles. The molecule has 2 N–H and O–H groups in total. The molecule has 0 amide bonds. The zero-order valence-electron chi connectivity index (χ0n) is 11.6. The van der Waals surface area contributed by atoms with E-state index >= 15 is 0 Å². The molecule has 21 heavy (non-hydrogen) atoms. The molecule has 0 saturated heterocycles. The van der Waals surface area contributed by atoms with E-state index in [2.05, 4.69) is 31.7 Å². The summed E-state index contributed by atoms with van der Waals surface area (Å²) in [5, 5.41) is 8.91. The number of aromatic nitrogens is 2. The average molecular weight is 349 g/mol. The van der Waals surface area contributed by atoms with Crippen molar-refractivity contribution in [3.05, 3.63) is 39.8 Å². The molecule has 0 fully saturated rings. The number of nitriles is 1. The lowest BCUT2D eigenvalue weighted by atomic mass is 10.2. The fourth-order valence-electron chi connectivity index (χ4n) is 1.99. The number of hydrogen-bond donors (Lipinski definition) is 1. The van der Waals surface area contributed by atoms with Gasteiger partial charge in [0.25, 0.3) is 0 Å². The predicted octanol–water partition coefficient (Wildman–Crippen LogP) is 2.44. The van der Waals surface area contributed by atoms with Gasteiger partial charge in [0, 0.05) is 10.9 Å². The highest BCUT2D eigenvalue weighted by molar-refractivity contribution is 9.10. The third kappa shape index (κ3) is 2.62. The molecule has 108 valence electrons. The van der Waals surface area contributed by atoms with E-state index in [1.807, 2.05) is 6.92 Å². The normalized spacial score (nSPS) is 10.2. The Hall–Kier alpha value is -2.33. The van der Waals surface area contributed by atoms with Crippen molar-refractivity contribution in [3.8, 4) is 11.8 Å². The Balaban J connectivity index is 2.66. The molecule has 1 heterocycles. The van der Waals surface area contributed by atoms with Gasteiger partial charge in [0.05, 0.1) is 24.4 Å². The number of halogens is 1. The number of nitrogens with zero attached hydrogens (tertiary/aromatic N) is 3. The van der Waals surface area contributed by atoms with Gasteiger partial charge in [-0.15, -0.1) is 0 Å². The van der Waals surface area contributed by atoms with E-state index in [1.54, 1.807) is 22.8 Å². The third-order valence-corrected chi connectivity index (χ3v) is 3.63. The maximum Gasteiger partial charge on any atom is 0.360 e. The van der Waals surface area contributed by atoms with E-state index in [4.69, 9.17) is 11.0 Å². The van der Waals surface area contributed by atoms with Crippen molar-refractivity contribution >= 4 is 27.7 Å². The molecule has 0 atom stereocenters. The second kappa shape index (κ2) is 5.97. The lowest BCUT2D eigenvalue weighted by molar-refractivity contribution is 0.0596. The van der Waals surface area contributed by atoms with Crippen LogP contribution < -0.4 is 5.73 Å². The van der Waals surface area contributed by atoms with Gasteiger partial charge in [-0.2, -0.15) is 5.26 Å². The molecule has 0 radical (unpaired) electrons. The Bertz CT molecular complexity index is 746. The van der Waals surface area contributed by atoms with E-state index in [0.717, 1.165) is 0 Å². The highest BCUT2D eigenvalue weighted by Gasteiger charge is 2.22. The lowest BCUT2D eigenvalue weighted by Gasteiger charge is -2.11. The largest absolute Gasteiger partial charge is 0.464 e. The topological polar surface area (TPSA) is 93.9 Å². The molecule has 1 aromatic carbocycles. The van der Waals surface area contributed by atoms with Crippen LogP contribution in [0.15, 0.2) is 22.7 Å². The van der Waals surface area contributed by atoms with E-state index < -0.39 is 5.97 Å². The van der Waals surface area contributed by atoms with Crippen LogP contribution in [0.25, 0.3) is 5.69 Å². The maximum absolute atomic E-state index is 11.7. The number of nitrogens with two attached hydrogens (primary N) is 1. The zero-order valence-corrected chi connectivity index (χ0v) is 13.1. The van der Waals surface area contributed by atoms with Gasteiger partial charge in [0.15, 0.2) is 5.69 Å². The quantitative estimate of drug-likeness (QED) is 0.859. The number of rotatable bonds is 3. The van der Waals surface area contributed by atoms with Gasteiger partial charge in [-0.05, 0) is 34.1 Å². The van der Waals surface area contributed by atoms with Crippen LogP contribution in [0.5, 0.6) is 0 Å². The van der Waals surface area contributed by atoms with Crippen molar-refractivity contribution in [1.82, 2.24) is 9.55 Å². The molecule has 0 aliphatic carbocycles. The lowest BCUT2D eigenvalue weighted by Crippen LogP contribution is -2.08. The maximum atomic E-state index is 11.7. The minimum Gasteiger partial charge on any atom is -0.464 e. The van der Waals surface area contributed by atoms with E-state index in [9.17, 15) is 4.79 Å². The van der Waals surface area contributed by atoms with Gasteiger partial charge < -0.3 is 10.5 Å². The molecule has 0 aliphatic heterocycles. The number of esters is 1. The molecular formula is C14H13BrN4O2. The van der Waals surface area contributed by atoms with Gasteiger partial charge in [0.2, 0.25) is 0 Å². The molecular weight excluding hydrogens is 336 g/mol. The van der Waals surface area contributed by atoms with Gasteiger partial charge >= 0.3 is 5.97 Å². The summed E-state index contributed by atoms with van der Waals surface area (Å²) in [6, 6.07) is 7.18. The van der Waals surface area contributed by atoms with E-state index in [-0.39, 0.29) is 11.5 Å². The van der Waals surface area contributed by atoms with Crippen molar-refractivity contribution in [3.63, 3.8) is 0 Å². The average Bonchev–Trinajstić information content (AvgIpc) is 2.83. The minimum atomic E-state index is -0.578. The first-order valence-corrected chi connectivity index (χ1v) is 6.98. The highest BCUT2D eigenvalue weighted by atomic mass is 79.9. The zero-order chi connectivity index (χ0) is 15.6. The summed E-state index contributed by atoms with van der Waals surface area (Å²) in [6.45, 7) is 1.91. The molecule has 2 rings (SSSR count). The van der Waals surface area contributed by atoms with Crippen molar-refractivity contribution in [2.24, 2.45) is 0 Å². The van der Waals surface area contributed by atoms with Crippen molar-refractivity contribution < 1.29 is 9.53 Å². The van der Waals surface area contributed by atoms with Crippen molar-refractivity contribution in [2.75, 3.05) is 12.8 Å². The van der Waals surface area contributed by atoms with Crippen LogP contribution in [0.1, 0.15) is 28.8 Å². The number of hydrogen-bond acceptors (Lipinski definition) is 5. The first-order valence-electron chi connectivity index (χ1n) is 6.18. The Morgan fingerprint density at radius 3 is 2.81 bits per heavy atom. The number of aryl methyl sites for hydroxylation is 1. The number of carbonyl (C=O) groups is 1. The van der Waals surface area contributed by atoms with Crippen LogP contribution in [0.3, 0.4) is 0 Å². The molecule has 2 aromatic rings. The second-order valence-electron chi connectivity index (χ2n) is 4.22. The number of imidazole rings is 1. The Kier molecular flexibility index (Phi) is 4.29. The molecule has 0 unspecified atom stereocenters. The summed E-state index contributed by atoms with van der Waals surface area (Å²) in [6.07, 6.45) is 0.591.